The molecule has 6 nitrogen and oxygen atoms in total. The third-order valence-electron chi connectivity index (χ3n) is 4.50. The van der Waals surface area contributed by atoms with Crippen LogP contribution in [0.3, 0.4) is 0 Å². The molecule has 1 aromatic heterocycles. The normalized spacial score (nSPS) is 12.6. The van der Waals surface area contributed by atoms with Crippen LogP contribution in [0, 0.1) is 0 Å². The summed E-state index contributed by atoms with van der Waals surface area (Å²) in [7, 11) is -3.89. The summed E-state index contributed by atoms with van der Waals surface area (Å²) < 4.78 is 28.5. The Bertz CT molecular complexity index is 1340. The van der Waals surface area contributed by atoms with E-state index in [1.54, 1.807) is 23.5 Å². The van der Waals surface area contributed by atoms with Crippen molar-refractivity contribution in [1.82, 2.24) is 9.71 Å². The Morgan fingerprint density at radius 3 is 2.58 bits per heavy atom. The monoisotopic (exact) mass is 471 g/mol. The van der Waals surface area contributed by atoms with E-state index < -0.39 is 22.0 Å². The Morgan fingerprint density at radius 1 is 1.03 bits per heavy atom. The highest BCUT2D eigenvalue weighted by Crippen LogP contribution is 2.31. The molecule has 2 N–H and O–H groups in total. The lowest BCUT2D eigenvalue weighted by molar-refractivity contribution is -0.117. The molecule has 0 fully saturated rings. The molecule has 1 atom stereocenters. The molecule has 0 bridgehead atoms. The van der Waals surface area contributed by atoms with Crippen LogP contribution in [-0.2, 0) is 14.8 Å². The fraction of sp³-hybridized carbons (Fsp3) is 0.0909. The van der Waals surface area contributed by atoms with Crippen molar-refractivity contribution < 1.29 is 13.2 Å². The number of aromatic nitrogens is 1. The van der Waals surface area contributed by atoms with Crippen LogP contribution >= 0.6 is 22.9 Å². The van der Waals surface area contributed by atoms with Gasteiger partial charge in [-0.3, -0.25) is 4.79 Å². The minimum Gasteiger partial charge on any atom is -0.325 e. The minimum absolute atomic E-state index is 0.00233. The molecule has 4 rings (SSSR count). The maximum absolute atomic E-state index is 12.6. The molecule has 0 saturated heterocycles. The van der Waals surface area contributed by atoms with E-state index in [0.29, 0.717) is 10.7 Å². The van der Waals surface area contributed by atoms with E-state index in [1.807, 2.05) is 42.5 Å². The number of thiazole rings is 1. The Morgan fingerprint density at radius 2 is 1.81 bits per heavy atom. The number of fused-ring (bicyclic) bond motifs is 1. The predicted molar refractivity (Wildman–Crippen MR) is 125 cm³/mol. The van der Waals surface area contributed by atoms with Gasteiger partial charge in [0.15, 0.2) is 0 Å². The quantitative estimate of drug-likeness (QED) is 0.417. The molecule has 0 unspecified atom stereocenters. The van der Waals surface area contributed by atoms with Crippen molar-refractivity contribution in [3.8, 4) is 10.6 Å². The highest BCUT2D eigenvalue weighted by atomic mass is 35.5. The second-order valence-electron chi connectivity index (χ2n) is 6.86. The summed E-state index contributed by atoms with van der Waals surface area (Å²) in [5.74, 6) is -0.480. The average Bonchev–Trinajstić information content (AvgIpc) is 3.18. The largest absolute Gasteiger partial charge is 0.325 e. The van der Waals surface area contributed by atoms with Crippen molar-refractivity contribution in [2.75, 3.05) is 5.32 Å². The Kier molecular flexibility index (Phi) is 6.06. The highest BCUT2D eigenvalue weighted by Gasteiger charge is 2.22. The fourth-order valence-corrected chi connectivity index (χ4v) is 5.43. The summed E-state index contributed by atoms with van der Waals surface area (Å²) in [5.41, 5.74) is 2.34. The molecule has 1 heterocycles. The topological polar surface area (TPSA) is 88.2 Å². The molecule has 4 aromatic rings. The van der Waals surface area contributed by atoms with Crippen molar-refractivity contribution in [3.63, 3.8) is 0 Å². The van der Waals surface area contributed by atoms with Gasteiger partial charge in [0.2, 0.25) is 15.9 Å². The van der Waals surface area contributed by atoms with Crippen LogP contribution < -0.4 is 10.0 Å². The van der Waals surface area contributed by atoms with E-state index in [2.05, 4.69) is 15.0 Å². The number of sulfonamides is 1. The summed E-state index contributed by atoms with van der Waals surface area (Å²) >= 11 is 7.44. The first kappa shape index (κ1) is 21.5. The average molecular weight is 472 g/mol. The zero-order valence-corrected chi connectivity index (χ0v) is 18.8. The number of halogens is 1. The molecule has 1 amide bonds. The summed E-state index contributed by atoms with van der Waals surface area (Å²) in [6.07, 6.45) is 0. The van der Waals surface area contributed by atoms with E-state index in [-0.39, 0.29) is 4.90 Å². The van der Waals surface area contributed by atoms with Gasteiger partial charge in [-0.15, -0.1) is 11.3 Å². The van der Waals surface area contributed by atoms with Crippen LogP contribution in [0.25, 0.3) is 20.8 Å². The Labute approximate surface area is 189 Å². The number of nitrogens with one attached hydrogen (secondary N) is 2. The fourth-order valence-electron chi connectivity index (χ4n) is 2.96. The maximum Gasteiger partial charge on any atom is 0.242 e. The van der Waals surface area contributed by atoms with Crippen LogP contribution in [0.5, 0.6) is 0 Å². The number of carbonyl (C=O) groups is 1. The van der Waals surface area contributed by atoms with E-state index >= 15 is 0 Å². The molecular weight excluding hydrogens is 454 g/mol. The summed E-state index contributed by atoms with van der Waals surface area (Å²) in [5, 5.41) is 3.89. The van der Waals surface area contributed by atoms with Gasteiger partial charge in [0, 0.05) is 16.3 Å². The van der Waals surface area contributed by atoms with Gasteiger partial charge in [-0.2, -0.15) is 4.72 Å². The molecular formula is C22H18ClN3O3S2. The zero-order valence-electron chi connectivity index (χ0n) is 16.4. The van der Waals surface area contributed by atoms with Crippen LogP contribution in [-0.4, -0.2) is 25.4 Å². The van der Waals surface area contributed by atoms with E-state index in [4.69, 9.17) is 11.6 Å². The zero-order chi connectivity index (χ0) is 22.0. The van der Waals surface area contributed by atoms with Gasteiger partial charge in [0.25, 0.3) is 0 Å². The first-order chi connectivity index (χ1) is 14.8. The minimum atomic E-state index is -3.89. The van der Waals surface area contributed by atoms with Gasteiger partial charge >= 0.3 is 0 Å². The summed E-state index contributed by atoms with van der Waals surface area (Å²) in [6.45, 7) is 1.48. The number of hydrogen-bond donors (Lipinski definition) is 2. The SMILES string of the molecule is C[C@@H](NS(=O)(=O)c1cccc(Cl)c1)C(=O)Nc1cccc(-c2nc3ccccc3s2)c1. The number of nitrogens with zero attached hydrogens (tertiary/aromatic N) is 1. The van der Waals surface area contributed by atoms with Crippen molar-refractivity contribution >= 4 is 54.8 Å². The van der Waals surface area contributed by atoms with Crippen LogP contribution in [0.1, 0.15) is 6.92 Å². The first-order valence-electron chi connectivity index (χ1n) is 9.36. The number of benzene rings is 3. The van der Waals surface area contributed by atoms with E-state index in [9.17, 15) is 13.2 Å². The molecule has 0 radical (unpaired) electrons. The van der Waals surface area contributed by atoms with Crippen LogP contribution in [0.4, 0.5) is 5.69 Å². The number of anilines is 1. The maximum atomic E-state index is 12.6. The standard InChI is InChI=1S/C22H18ClN3O3S2/c1-14(26-31(28,29)18-9-5-7-16(23)13-18)21(27)24-17-8-4-6-15(12-17)22-25-19-10-2-3-11-20(19)30-22/h2-14,26H,1H3,(H,24,27)/t14-/m1/s1. The van der Waals surface area contributed by atoms with Gasteiger partial charge in [-0.25, -0.2) is 13.4 Å². The molecule has 0 aliphatic heterocycles. The highest BCUT2D eigenvalue weighted by molar-refractivity contribution is 7.89. The van der Waals surface area contributed by atoms with Crippen LogP contribution in [0.15, 0.2) is 77.7 Å². The van der Waals surface area contributed by atoms with Gasteiger partial charge in [-0.1, -0.05) is 41.9 Å². The lowest BCUT2D eigenvalue weighted by Crippen LogP contribution is -2.41. The van der Waals surface area contributed by atoms with Crippen LogP contribution in [0.2, 0.25) is 5.02 Å². The lowest BCUT2D eigenvalue weighted by Gasteiger charge is -2.15. The lowest BCUT2D eigenvalue weighted by atomic mass is 10.2. The molecule has 0 spiro atoms. The van der Waals surface area contributed by atoms with Crippen molar-refractivity contribution in [3.05, 3.63) is 77.8 Å². The number of hydrogen-bond acceptors (Lipinski definition) is 5. The van der Waals surface area contributed by atoms with Gasteiger partial charge < -0.3 is 5.32 Å². The molecule has 31 heavy (non-hydrogen) atoms. The third-order valence-corrected chi connectivity index (χ3v) is 7.36. The van der Waals surface area contributed by atoms with Gasteiger partial charge in [0.05, 0.1) is 21.2 Å². The second-order valence-corrected chi connectivity index (χ2v) is 10.0. The van der Waals surface area contributed by atoms with Crippen molar-refractivity contribution in [2.45, 2.75) is 17.9 Å². The summed E-state index contributed by atoms with van der Waals surface area (Å²) in [6, 6.07) is 20.0. The Hall–Kier alpha value is -2.78. The van der Waals surface area contributed by atoms with Gasteiger partial charge in [-0.05, 0) is 49.4 Å². The summed E-state index contributed by atoms with van der Waals surface area (Å²) in [4.78, 5) is 17.2. The molecule has 9 heteroatoms. The number of para-hydroxylation sites is 1. The number of carbonyl (C=O) groups excluding carboxylic acids is 1. The number of amides is 1. The third kappa shape index (κ3) is 4.94. The molecule has 0 aliphatic carbocycles. The van der Waals surface area contributed by atoms with Crippen molar-refractivity contribution in [1.29, 1.82) is 0 Å². The van der Waals surface area contributed by atoms with Crippen molar-refractivity contribution in [2.24, 2.45) is 0 Å². The molecule has 158 valence electrons. The second kappa shape index (κ2) is 8.76. The van der Waals surface area contributed by atoms with E-state index in [0.717, 1.165) is 20.8 Å². The molecule has 3 aromatic carbocycles. The molecule has 0 saturated carbocycles. The number of rotatable bonds is 6. The predicted octanol–water partition coefficient (Wildman–Crippen LogP) is 4.92. The Balaban J connectivity index is 1.49. The van der Waals surface area contributed by atoms with Gasteiger partial charge in [0.1, 0.15) is 5.01 Å². The first-order valence-corrected chi connectivity index (χ1v) is 12.0. The smallest absolute Gasteiger partial charge is 0.242 e. The van der Waals surface area contributed by atoms with E-state index in [1.165, 1.54) is 25.1 Å². The molecule has 0 aliphatic rings.